The molecule has 0 fully saturated rings. The number of hydrogen-bond donors (Lipinski definition) is 1. The van der Waals surface area contributed by atoms with E-state index in [4.69, 9.17) is 4.42 Å². The second-order valence-corrected chi connectivity index (χ2v) is 3.96. The van der Waals surface area contributed by atoms with E-state index in [1.807, 2.05) is 13.8 Å². The Morgan fingerprint density at radius 3 is 2.84 bits per heavy atom. The van der Waals surface area contributed by atoms with E-state index < -0.39 is 5.97 Å². The van der Waals surface area contributed by atoms with E-state index in [2.05, 4.69) is 25.0 Å². The van der Waals surface area contributed by atoms with Gasteiger partial charge in [-0.2, -0.15) is 0 Å². The van der Waals surface area contributed by atoms with Crippen molar-refractivity contribution in [2.75, 3.05) is 12.4 Å². The first-order chi connectivity index (χ1) is 9.10. The molecule has 7 heteroatoms. The average molecular weight is 262 g/mol. The normalized spacial score (nSPS) is 11.9. The van der Waals surface area contributed by atoms with Crippen LogP contribution in [0.5, 0.6) is 0 Å². The van der Waals surface area contributed by atoms with Crippen molar-refractivity contribution >= 4 is 11.8 Å². The molecule has 2 heterocycles. The monoisotopic (exact) mass is 262 g/mol. The molecule has 0 aliphatic carbocycles. The lowest BCUT2D eigenvalue weighted by Crippen LogP contribution is -2.11. The molecular weight excluding hydrogens is 248 g/mol. The third-order valence-corrected chi connectivity index (χ3v) is 2.40. The summed E-state index contributed by atoms with van der Waals surface area (Å²) < 4.78 is 9.99. The van der Waals surface area contributed by atoms with Crippen molar-refractivity contribution in [3.63, 3.8) is 0 Å². The third-order valence-electron chi connectivity index (χ3n) is 2.40. The van der Waals surface area contributed by atoms with Crippen molar-refractivity contribution in [2.45, 2.75) is 19.9 Å². The Morgan fingerprint density at radius 2 is 2.21 bits per heavy atom. The molecule has 2 aromatic rings. The molecule has 1 atom stereocenters. The van der Waals surface area contributed by atoms with E-state index >= 15 is 0 Å². The van der Waals surface area contributed by atoms with Crippen molar-refractivity contribution in [1.29, 1.82) is 0 Å². The molecule has 2 aromatic heterocycles. The maximum Gasteiger partial charge on any atom is 0.358 e. The topological polar surface area (TPSA) is 90.1 Å². The second kappa shape index (κ2) is 5.47. The lowest BCUT2D eigenvalue weighted by Gasteiger charge is -2.11. The summed E-state index contributed by atoms with van der Waals surface area (Å²) in [5.74, 6) is 1.20. The van der Waals surface area contributed by atoms with Gasteiger partial charge in [0.1, 0.15) is 17.6 Å². The average Bonchev–Trinajstić information content (AvgIpc) is 2.85. The predicted molar refractivity (Wildman–Crippen MR) is 66.6 cm³/mol. The summed E-state index contributed by atoms with van der Waals surface area (Å²) in [5, 5.41) is 3.05. The number of ether oxygens (including phenoxy) is 1. The number of nitrogens with one attached hydrogen (secondary N) is 1. The van der Waals surface area contributed by atoms with Gasteiger partial charge in [0.2, 0.25) is 5.89 Å². The van der Waals surface area contributed by atoms with Crippen molar-refractivity contribution in [3.05, 3.63) is 35.9 Å². The number of oxazole rings is 1. The van der Waals surface area contributed by atoms with E-state index in [9.17, 15) is 4.79 Å². The molecule has 0 saturated heterocycles. The van der Waals surface area contributed by atoms with E-state index in [-0.39, 0.29) is 11.7 Å². The Balaban J connectivity index is 2.12. The van der Waals surface area contributed by atoms with Gasteiger partial charge in [-0.15, -0.1) is 0 Å². The van der Waals surface area contributed by atoms with Gasteiger partial charge in [0.15, 0.2) is 5.69 Å². The number of methoxy groups -OCH3 is 1. The van der Waals surface area contributed by atoms with Crippen LogP contribution in [0.25, 0.3) is 0 Å². The van der Waals surface area contributed by atoms with Crippen molar-refractivity contribution in [1.82, 2.24) is 15.0 Å². The number of nitrogens with zero attached hydrogens (tertiary/aromatic N) is 3. The maximum absolute atomic E-state index is 11.3. The van der Waals surface area contributed by atoms with E-state index in [1.165, 1.54) is 19.5 Å². The molecule has 1 unspecified atom stereocenters. The summed E-state index contributed by atoms with van der Waals surface area (Å²) in [4.78, 5) is 23.5. The standard InChI is InChI=1S/C12H14N4O3/c1-7-4-14-11(19-7)8(2)15-10-6-13-5-9(16-10)12(17)18-3/h4-6,8H,1-3H3,(H,15,16). The van der Waals surface area contributed by atoms with Crippen molar-refractivity contribution in [2.24, 2.45) is 0 Å². The molecule has 0 saturated carbocycles. The first-order valence-electron chi connectivity index (χ1n) is 5.69. The lowest BCUT2D eigenvalue weighted by molar-refractivity contribution is 0.0593. The smallest absolute Gasteiger partial charge is 0.358 e. The molecule has 1 N–H and O–H groups in total. The largest absolute Gasteiger partial charge is 0.464 e. The molecule has 7 nitrogen and oxygen atoms in total. The van der Waals surface area contributed by atoms with Gasteiger partial charge in [0.05, 0.1) is 25.7 Å². The molecule has 2 rings (SSSR count). The highest BCUT2D eigenvalue weighted by Crippen LogP contribution is 2.17. The first-order valence-corrected chi connectivity index (χ1v) is 5.69. The number of aromatic nitrogens is 3. The summed E-state index contributed by atoms with van der Waals surface area (Å²) >= 11 is 0. The molecule has 0 aliphatic heterocycles. The number of carbonyl (C=O) groups excluding carboxylic acids is 1. The minimum Gasteiger partial charge on any atom is -0.464 e. The molecular formula is C12H14N4O3. The van der Waals surface area contributed by atoms with Gasteiger partial charge in [-0.3, -0.25) is 4.98 Å². The molecule has 0 radical (unpaired) electrons. The van der Waals surface area contributed by atoms with E-state index in [1.54, 1.807) is 6.20 Å². The minimum absolute atomic E-state index is 0.142. The molecule has 19 heavy (non-hydrogen) atoms. The fourth-order valence-electron chi connectivity index (χ4n) is 1.49. The van der Waals surface area contributed by atoms with Gasteiger partial charge >= 0.3 is 5.97 Å². The number of aryl methyl sites for hydroxylation is 1. The van der Waals surface area contributed by atoms with Crippen LogP contribution >= 0.6 is 0 Å². The molecule has 0 bridgehead atoms. The minimum atomic E-state index is -0.532. The van der Waals surface area contributed by atoms with Crippen LogP contribution in [0.2, 0.25) is 0 Å². The van der Waals surface area contributed by atoms with Gasteiger partial charge in [0.25, 0.3) is 0 Å². The quantitative estimate of drug-likeness (QED) is 0.839. The van der Waals surface area contributed by atoms with Gasteiger partial charge in [-0.05, 0) is 13.8 Å². The zero-order valence-electron chi connectivity index (χ0n) is 10.9. The Kier molecular flexibility index (Phi) is 3.74. The third kappa shape index (κ3) is 3.06. The summed E-state index contributed by atoms with van der Waals surface area (Å²) in [6, 6.07) is -0.184. The zero-order chi connectivity index (χ0) is 13.8. The Labute approximate surface area is 110 Å². The highest BCUT2D eigenvalue weighted by Gasteiger charge is 2.14. The molecule has 0 aliphatic rings. The van der Waals surface area contributed by atoms with Crippen LogP contribution in [0.3, 0.4) is 0 Å². The van der Waals surface area contributed by atoms with Crippen LogP contribution < -0.4 is 5.32 Å². The fraction of sp³-hybridized carbons (Fsp3) is 0.333. The second-order valence-electron chi connectivity index (χ2n) is 3.96. The van der Waals surface area contributed by atoms with Crippen LogP contribution in [0.1, 0.15) is 35.1 Å². The summed E-state index contributed by atoms with van der Waals surface area (Å²) in [6.45, 7) is 3.69. The van der Waals surface area contributed by atoms with Crippen molar-refractivity contribution < 1.29 is 13.9 Å². The predicted octanol–water partition coefficient (Wildman–Crippen LogP) is 1.73. The number of esters is 1. The summed E-state index contributed by atoms with van der Waals surface area (Å²) in [6.07, 6.45) is 4.50. The first kappa shape index (κ1) is 13.0. The van der Waals surface area contributed by atoms with Crippen LogP contribution in [-0.4, -0.2) is 28.0 Å². The van der Waals surface area contributed by atoms with Gasteiger partial charge in [-0.1, -0.05) is 0 Å². The number of carbonyl (C=O) groups is 1. The molecule has 100 valence electrons. The maximum atomic E-state index is 11.3. The van der Waals surface area contributed by atoms with E-state index in [0.717, 1.165) is 5.76 Å². The number of anilines is 1. The number of rotatable bonds is 4. The van der Waals surface area contributed by atoms with Crippen molar-refractivity contribution in [3.8, 4) is 0 Å². The van der Waals surface area contributed by atoms with Gasteiger partial charge < -0.3 is 14.5 Å². The number of hydrogen-bond acceptors (Lipinski definition) is 7. The summed E-state index contributed by atoms with van der Waals surface area (Å²) in [5.41, 5.74) is 0.142. The molecule has 0 aromatic carbocycles. The van der Waals surface area contributed by atoms with Crippen LogP contribution in [0.15, 0.2) is 23.0 Å². The highest BCUT2D eigenvalue weighted by atomic mass is 16.5. The lowest BCUT2D eigenvalue weighted by atomic mass is 10.3. The zero-order valence-corrected chi connectivity index (χ0v) is 10.9. The van der Waals surface area contributed by atoms with Crippen LogP contribution in [0.4, 0.5) is 5.82 Å². The Bertz CT molecular complexity index is 582. The van der Waals surface area contributed by atoms with Gasteiger partial charge in [0, 0.05) is 0 Å². The molecule has 0 amide bonds. The van der Waals surface area contributed by atoms with Crippen LogP contribution in [-0.2, 0) is 4.74 Å². The Hall–Kier alpha value is -2.44. The summed E-state index contributed by atoms with van der Waals surface area (Å²) in [7, 11) is 1.29. The molecule has 0 spiro atoms. The fourth-order valence-corrected chi connectivity index (χ4v) is 1.49. The van der Waals surface area contributed by atoms with E-state index in [0.29, 0.717) is 11.7 Å². The Morgan fingerprint density at radius 1 is 1.42 bits per heavy atom. The van der Waals surface area contributed by atoms with Crippen LogP contribution in [0, 0.1) is 6.92 Å². The highest BCUT2D eigenvalue weighted by molar-refractivity contribution is 5.87. The SMILES string of the molecule is COC(=O)c1cncc(NC(C)c2ncc(C)o2)n1. The van der Waals surface area contributed by atoms with Gasteiger partial charge in [-0.25, -0.2) is 14.8 Å².